The number of anilines is 2. The van der Waals surface area contributed by atoms with Crippen LogP contribution in [-0.2, 0) is 13.6 Å². The minimum absolute atomic E-state index is 0.0272. The molecule has 1 saturated heterocycles. The number of hydrogen-bond acceptors (Lipinski definition) is 3. The van der Waals surface area contributed by atoms with Gasteiger partial charge in [0.15, 0.2) is 0 Å². The molecule has 1 aliphatic rings. The van der Waals surface area contributed by atoms with Gasteiger partial charge in [-0.2, -0.15) is 0 Å². The molecule has 2 amide bonds. The number of imidazole rings is 1. The molecular formula is C14H17N5O. The molecule has 2 N–H and O–H groups in total. The zero-order chi connectivity index (χ0) is 13.9. The summed E-state index contributed by atoms with van der Waals surface area (Å²) in [5, 5.41) is 6.13. The summed E-state index contributed by atoms with van der Waals surface area (Å²) in [7, 11) is 1.97. The topological polar surface area (TPSA) is 62.2 Å². The Hall–Kier alpha value is -2.50. The molecule has 0 radical (unpaired) electrons. The van der Waals surface area contributed by atoms with Crippen molar-refractivity contribution in [3.8, 4) is 0 Å². The van der Waals surface area contributed by atoms with Gasteiger partial charge in [0.1, 0.15) is 0 Å². The lowest BCUT2D eigenvalue weighted by molar-refractivity contribution is 0.252. The number of aromatic nitrogens is 2. The van der Waals surface area contributed by atoms with E-state index < -0.39 is 0 Å². The van der Waals surface area contributed by atoms with Gasteiger partial charge in [-0.25, -0.2) is 9.78 Å². The molecule has 20 heavy (non-hydrogen) atoms. The third-order valence-corrected chi connectivity index (χ3v) is 3.43. The molecule has 0 spiro atoms. The van der Waals surface area contributed by atoms with E-state index in [1.807, 2.05) is 42.1 Å². The van der Waals surface area contributed by atoms with Crippen LogP contribution in [0.4, 0.5) is 16.2 Å². The predicted molar refractivity (Wildman–Crippen MR) is 77.7 cm³/mol. The molecule has 3 rings (SSSR count). The Morgan fingerprint density at radius 1 is 1.35 bits per heavy atom. The molecule has 6 heteroatoms. The van der Waals surface area contributed by atoms with Crippen molar-refractivity contribution in [2.24, 2.45) is 7.05 Å². The molecule has 6 nitrogen and oxygen atoms in total. The van der Waals surface area contributed by atoms with Gasteiger partial charge in [-0.1, -0.05) is 0 Å². The van der Waals surface area contributed by atoms with Crippen molar-refractivity contribution in [3.05, 3.63) is 42.5 Å². The van der Waals surface area contributed by atoms with Gasteiger partial charge in [0.2, 0.25) is 0 Å². The summed E-state index contributed by atoms with van der Waals surface area (Å²) < 4.78 is 1.98. The van der Waals surface area contributed by atoms with E-state index in [-0.39, 0.29) is 6.03 Å². The third kappa shape index (κ3) is 2.45. The van der Waals surface area contributed by atoms with Crippen LogP contribution in [0.5, 0.6) is 0 Å². The predicted octanol–water partition coefficient (Wildman–Crippen LogP) is 1.56. The molecule has 2 aromatic rings. The highest BCUT2D eigenvalue weighted by molar-refractivity contribution is 5.94. The van der Waals surface area contributed by atoms with Crippen LogP contribution in [0.1, 0.15) is 5.69 Å². The van der Waals surface area contributed by atoms with Crippen LogP contribution in [0.25, 0.3) is 0 Å². The summed E-state index contributed by atoms with van der Waals surface area (Å²) >= 11 is 0. The number of aryl methyl sites for hydroxylation is 1. The number of nitrogens with one attached hydrogen (secondary N) is 2. The van der Waals surface area contributed by atoms with Crippen LogP contribution in [0.2, 0.25) is 0 Å². The van der Waals surface area contributed by atoms with Crippen molar-refractivity contribution in [1.29, 1.82) is 0 Å². The Bertz CT molecular complexity index is 604. The van der Waals surface area contributed by atoms with Crippen molar-refractivity contribution >= 4 is 17.4 Å². The number of amides is 2. The number of hydrogen-bond donors (Lipinski definition) is 2. The maximum Gasteiger partial charge on any atom is 0.321 e. The minimum Gasteiger partial charge on any atom is -0.379 e. The van der Waals surface area contributed by atoms with E-state index >= 15 is 0 Å². The number of carbonyl (C=O) groups is 1. The van der Waals surface area contributed by atoms with Crippen molar-refractivity contribution in [3.63, 3.8) is 0 Å². The van der Waals surface area contributed by atoms with Gasteiger partial charge >= 0.3 is 6.03 Å². The van der Waals surface area contributed by atoms with E-state index in [2.05, 4.69) is 15.6 Å². The number of urea groups is 1. The van der Waals surface area contributed by atoms with E-state index in [1.165, 1.54) is 0 Å². The number of benzene rings is 1. The van der Waals surface area contributed by atoms with E-state index in [9.17, 15) is 4.79 Å². The number of rotatable bonds is 4. The Kier molecular flexibility index (Phi) is 3.28. The summed E-state index contributed by atoms with van der Waals surface area (Å²) in [6.45, 7) is 2.15. The fourth-order valence-electron chi connectivity index (χ4n) is 2.22. The van der Waals surface area contributed by atoms with Gasteiger partial charge in [-0.3, -0.25) is 4.90 Å². The van der Waals surface area contributed by atoms with E-state index in [4.69, 9.17) is 0 Å². The highest BCUT2D eigenvalue weighted by Gasteiger charge is 2.20. The first-order chi connectivity index (χ1) is 9.74. The maximum absolute atomic E-state index is 11.6. The molecule has 1 aliphatic heterocycles. The average molecular weight is 271 g/mol. The fraction of sp³-hybridized carbons (Fsp3) is 0.286. The SMILES string of the molecule is Cn1cncc1CNc1ccc(N2CCNC2=O)cc1. The summed E-state index contributed by atoms with van der Waals surface area (Å²) in [5.41, 5.74) is 3.06. The first-order valence-electron chi connectivity index (χ1n) is 6.58. The molecule has 0 bridgehead atoms. The lowest BCUT2D eigenvalue weighted by atomic mass is 10.2. The van der Waals surface area contributed by atoms with E-state index in [1.54, 1.807) is 11.2 Å². The molecule has 0 aliphatic carbocycles. The van der Waals surface area contributed by atoms with Crippen LogP contribution in [-0.4, -0.2) is 28.7 Å². The molecule has 1 fully saturated rings. The quantitative estimate of drug-likeness (QED) is 0.887. The zero-order valence-electron chi connectivity index (χ0n) is 11.3. The molecule has 1 aromatic heterocycles. The van der Waals surface area contributed by atoms with Crippen molar-refractivity contribution in [1.82, 2.24) is 14.9 Å². The van der Waals surface area contributed by atoms with Gasteiger partial charge in [0.05, 0.1) is 18.6 Å². The largest absolute Gasteiger partial charge is 0.379 e. The standard InChI is InChI=1S/C14H17N5O/c1-18-10-15-8-13(18)9-17-11-2-4-12(5-3-11)19-7-6-16-14(19)20/h2-5,8,10,17H,6-7,9H2,1H3,(H,16,20). The molecule has 0 saturated carbocycles. The van der Waals surface area contributed by atoms with Gasteiger partial charge in [0.25, 0.3) is 0 Å². The third-order valence-electron chi connectivity index (χ3n) is 3.43. The van der Waals surface area contributed by atoms with Crippen molar-refractivity contribution < 1.29 is 4.79 Å². The van der Waals surface area contributed by atoms with Gasteiger partial charge < -0.3 is 15.2 Å². The van der Waals surface area contributed by atoms with Crippen LogP contribution >= 0.6 is 0 Å². The maximum atomic E-state index is 11.6. The fourth-order valence-corrected chi connectivity index (χ4v) is 2.22. The molecule has 2 heterocycles. The second-order valence-corrected chi connectivity index (χ2v) is 4.78. The Balaban J connectivity index is 1.64. The molecule has 1 aromatic carbocycles. The highest BCUT2D eigenvalue weighted by atomic mass is 16.2. The second kappa shape index (κ2) is 5.24. The lowest BCUT2D eigenvalue weighted by Gasteiger charge is -2.15. The van der Waals surface area contributed by atoms with Crippen LogP contribution < -0.4 is 15.5 Å². The van der Waals surface area contributed by atoms with Crippen LogP contribution in [0.15, 0.2) is 36.8 Å². The molecule has 104 valence electrons. The van der Waals surface area contributed by atoms with Gasteiger partial charge in [-0.15, -0.1) is 0 Å². The Morgan fingerprint density at radius 3 is 2.75 bits per heavy atom. The Labute approximate surface area is 117 Å². The summed E-state index contributed by atoms with van der Waals surface area (Å²) in [5.74, 6) is 0. The first kappa shape index (κ1) is 12.5. The first-order valence-corrected chi connectivity index (χ1v) is 6.58. The molecule has 0 unspecified atom stereocenters. The van der Waals surface area contributed by atoms with Crippen molar-refractivity contribution in [2.75, 3.05) is 23.3 Å². The highest BCUT2D eigenvalue weighted by Crippen LogP contribution is 2.19. The Morgan fingerprint density at radius 2 is 2.15 bits per heavy atom. The number of nitrogens with zero attached hydrogens (tertiary/aromatic N) is 3. The monoisotopic (exact) mass is 271 g/mol. The zero-order valence-corrected chi connectivity index (χ0v) is 11.3. The van der Waals surface area contributed by atoms with E-state index in [0.717, 1.165) is 30.2 Å². The van der Waals surface area contributed by atoms with E-state index in [0.29, 0.717) is 6.54 Å². The lowest BCUT2D eigenvalue weighted by Crippen LogP contribution is -2.27. The smallest absolute Gasteiger partial charge is 0.321 e. The summed E-state index contributed by atoms with van der Waals surface area (Å²) in [6, 6.07) is 7.85. The molecular weight excluding hydrogens is 254 g/mol. The second-order valence-electron chi connectivity index (χ2n) is 4.78. The average Bonchev–Trinajstić information content (AvgIpc) is 3.06. The normalized spacial score (nSPS) is 14.4. The minimum atomic E-state index is -0.0272. The van der Waals surface area contributed by atoms with Gasteiger partial charge in [-0.05, 0) is 24.3 Å². The van der Waals surface area contributed by atoms with Crippen molar-refractivity contribution in [2.45, 2.75) is 6.54 Å². The number of carbonyl (C=O) groups excluding carboxylic acids is 1. The summed E-state index contributed by atoms with van der Waals surface area (Å²) in [6.07, 6.45) is 3.63. The van der Waals surface area contributed by atoms with Crippen LogP contribution in [0.3, 0.4) is 0 Å². The molecule has 0 atom stereocenters. The van der Waals surface area contributed by atoms with Gasteiger partial charge in [0, 0.05) is 37.7 Å². The van der Waals surface area contributed by atoms with Crippen LogP contribution in [0, 0.1) is 0 Å². The summed E-state index contributed by atoms with van der Waals surface area (Å²) in [4.78, 5) is 17.4.